The second-order valence-electron chi connectivity index (χ2n) is 5.77. The number of alkyl carbamates (subject to hydrolysis) is 1. The van der Waals surface area contributed by atoms with Gasteiger partial charge >= 0.3 is 6.09 Å². The van der Waals surface area contributed by atoms with Crippen LogP contribution in [0.3, 0.4) is 0 Å². The van der Waals surface area contributed by atoms with Crippen molar-refractivity contribution in [3.8, 4) is 5.75 Å². The fraction of sp³-hybridized carbons (Fsp3) is 0.562. The molecule has 0 aliphatic rings. The Morgan fingerprint density at radius 2 is 2.00 bits per heavy atom. The number of anilines is 1. The molecule has 0 saturated heterocycles. The monoisotopic (exact) mass is 310 g/mol. The van der Waals surface area contributed by atoms with Gasteiger partial charge in [-0.1, -0.05) is 0 Å². The number of hydrogen-bond acceptors (Lipinski definition) is 5. The minimum atomic E-state index is -0.497. The number of carbonyl (C=O) groups is 1. The smallest absolute Gasteiger partial charge is 0.407 e. The zero-order valence-corrected chi connectivity index (χ0v) is 13.7. The van der Waals surface area contributed by atoms with Crippen LogP contribution >= 0.6 is 0 Å². The van der Waals surface area contributed by atoms with Gasteiger partial charge in [-0.2, -0.15) is 0 Å². The van der Waals surface area contributed by atoms with E-state index in [2.05, 4.69) is 10.6 Å². The van der Waals surface area contributed by atoms with E-state index in [1.165, 1.54) is 0 Å². The molecule has 0 aliphatic heterocycles. The van der Waals surface area contributed by atoms with Crippen LogP contribution in [0, 0.1) is 0 Å². The highest BCUT2D eigenvalue weighted by Crippen LogP contribution is 2.22. The summed E-state index contributed by atoms with van der Waals surface area (Å²) in [5.41, 5.74) is 1.09. The van der Waals surface area contributed by atoms with Gasteiger partial charge in [-0.3, -0.25) is 0 Å². The van der Waals surface area contributed by atoms with E-state index in [0.29, 0.717) is 25.4 Å². The Kier molecular flexibility index (Phi) is 6.98. The van der Waals surface area contributed by atoms with E-state index in [1.54, 1.807) is 0 Å². The lowest BCUT2D eigenvalue weighted by molar-refractivity contribution is 0.0530. The van der Waals surface area contributed by atoms with Gasteiger partial charge in [-0.15, -0.1) is 0 Å². The van der Waals surface area contributed by atoms with Crippen LogP contribution in [0.25, 0.3) is 0 Å². The number of aliphatic hydroxyl groups excluding tert-OH is 1. The van der Waals surface area contributed by atoms with Gasteiger partial charge in [0, 0.05) is 24.3 Å². The number of benzene rings is 1. The molecule has 0 atom stereocenters. The van der Waals surface area contributed by atoms with Crippen molar-refractivity contribution in [2.24, 2.45) is 0 Å². The third-order valence-corrected chi connectivity index (χ3v) is 2.65. The van der Waals surface area contributed by atoms with Crippen molar-refractivity contribution in [3.05, 3.63) is 23.8 Å². The Labute approximate surface area is 131 Å². The number of ether oxygens (including phenoxy) is 2. The average molecular weight is 310 g/mol. The second kappa shape index (κ2) is 8.48. The molecule has 22 heavy (non-hydrogen) atoms. The molecule has 1 aromatic rings. The number of hydrogen-bond donors (Lipinski definition) is 3. The van der Waals surface area contributed by atoms with E-state index in [0.717, 1.165) is 11.3 Å². The lowest BCUT2D eigenvalue weighted by atomic mass is 10.2. The van der Waals surface area contributed by atoms with Gasteiger partial charge < -0.3 is 25.2 Å². The number of rotatable bonds is 7. The Balaban J connectivity index is 2.40. The summed E-state index contributed by atoms with van der Waals surface area (Å²) < 4.78 is 10.6. The Morgan fingerprint density at radius 3 is 2.59 bits per heavy atom. The molecule has 3 N–H and O–H groups in total. The zero-order chi connectivity index (χ0) is 16.6. The zero-order valence-electron chi connectivity index (χ0n) is 13.7. The maximum Gasteiger partial charge on any atom is 0.407 e. The van der Waals surface area contributed by atoms with Crippen LogP contribution in [-0.2, 0) is 11.3 Å². The van der Waals surface area contributed by atoms with Crippen LogP contribution in [0.4, 0.5) is 10.5 Å². The van der Waals surface area contributed by atoms with E-state index in [-0.39, 0.29) is 6.61 Å². The highest BCUT2D eigenvalue weighted by molar-refractivity contribution is 5.67. The summed E-state index contributed by atoms with van der Waals surface area (Å²) in [7, 11) is 0. The van der Waals surface area contributed by atoms with E-state index in [1.807, 2.05) is 45.9 Å². The number of aliphatic hydroxyl groups is 1. The predicted molar refractivity (Wildman–Crippen MR) is 86.3 cm³/mol. The highest BCUT2D eigenvalue weighted by Gasteiger charge is 2.15. The van der Waals surface area contributed by atoms with Gasteiger partial charge in [0.15, 0.2) is 0 Å². The fourth-order valence-corrected chi connectivity index (χ4v) is 1.79. The first-order valence-corrected chi connectivity index (χ1v) is 7.43. The van der Waals surface area contributed by atoms with Crippen LogP contribution in [0.15, 0.2) is 18.2 Å². The Hall–Kier alpha value is -1.95. The summed E-state index contributed by atoms with van der Waals surface area (Å²) >= 11 is 0. The van der Waals surface area contributed by atoms with Crippen molar-refractivity contribution in [1.82, 2.24) is 5.32 Å². The summed E-state index contributed by atoms with van der Waals surface area (Å²) in [4.78, 5) is 11.5. The molecule has 6 heteroatoms. The summed E-state index contributed by atoms with van der Waals surface area (Å²) in [6, 6.07) is 5.52. The third-order valence-electron chi connectivity index (χ3n) is 2.65. The molecule has 1 aromatic carbocycles. The molecule has 0 aliphatic carbocycles. The van der Waals surface area contributed by atoms with Crippen molar-refractivity contribution in [2.45, 2.75) is 39.9 Å². The van der Waals surface area contributed by atoms with Crippen LogP contribution in [0.1, 0.15) is 33.3 Å². The molecule has 0 saturated carbocycles. The number of nitrogens with one attached hydrogen (secondary N) is 2. The third kappa shape index (κ3) is 6.67. The molecular formula is C16H26N2O4. The van der Waals surface area contributed by atoms with E-state index in [9.17, 15) is 9.90 Å². The SMILES string of the molecule is CCOc1ccc(NCCNC(=O)OC(C)(C)C)cc1CO. The van der Waals surface area contributed by atoms with Gasteiger partial charge in [-0.25, -0.2) is 4.79 Å². The van der Waals surface area contributed by atoms with Gasteiger partial charge in [0.25, 0.3) is 0 Å². The Bertz CT molecular complexity index is 484. The van der Waals surface area contributed by atoms with Crippen LogP contribution in [0.2, 0.25) is 0 Å². The second-order valence-corrected chi connectivity index (χ2v) is 5.77. The topological polar surface area (TPSA) is 79.8 Å². The van der Waals surface area contributed by atoms with Crippen molar-refractivity contribution in [1.29, 1.82) is 0 Å². The molecule has 0 heterocycles. The largest absolute Gasteiger partial charge is 0.494 e. The average Bonchev–Trinajstić information content (AvgIpc) is 2.43. The van der Waals surface area contributed by atoms with E-state index >= 15 is 0 Å². The summed E-state index contributed by atoms with van der Waals surface area (Å²) in [6.07, 6.45) is -0.433. The fourth-order valence-electron chi connectivity index (χ4n) is 1.79. The van der Waals surface area contributed by atoms with Gasteiger partial charge in [0.2, 0.25) is 0 Å². The first kappa shape index (κ1) is 18.1. The molecular weight excluding hydrogens is 284 g/mol. The minimum Gasteiger partial charge on any atom is -0.494 e. The van der Waals surface area contributed by atoms with Crippen LogP contribution in [0.5, 0.6) is 5.75 Å². The first-order chi connectivity index (χ1) is 10.4. The lowest BCUT2D eigenvalue weighted by Crippen LogP contribution is -2.35. The maximum absolute atomic E-state index is 11.5. The standard InChI is InChI=1S/C16H26N2O4/c1-5-21-14-7-6-13(10-12(14)11-19)17-8-9-18-15(20)22-16(2,3)4/h6-7,10,17,19H,5,8-9,11H2,1-4H3,(H,18,20). The molecule has 0 fully saturated rings. The van der Waals surface area contributed by atoms with Gasteiger partial charge in [-0.05, 0) is 45.9 Å². The molecule has 6 nitrogen and oxygen atoms in total. The quantitative estimate of drug-likeness (QED) is 0.674. The van der Waals surface area contributed by atoms with Crippen LogP contribution in [-0.4, -0.2) is 36.5 Å². The molecule has 1 amide bonds. The molecule has 1 rings (SSSR count). The van der Waals surface area contributed by atoms with Crippen molar-refractivity contribution < 1.29 is 19.4 Å². The summed E-state index contributed by atoms with van der Waals surface area (Å²) in [5.74, 6) is 0.683. The number of carbonyl (C=O) groups excluding carboxylic acids is 1. The van der Waals surface area contributed by atoms with Gasteiger partial charge in [0.1, 0.15) is 11.4 Å². The molecule has 0 unspecified atom stereocenters. The lowest BCUT2D eigenvalue weighted by Gasteiger charge is -2.19. The maximum atomic E-state index is 11.5. The molecule has 124 valence electrons. The van der Waals surface area contributed by atoms with E-state index < -0.39 is 11.7 Å². The molecule has 0 aromatic heterocycles. The summed E-state index contributed by atoms with van der Waals surface area (Å²) in [6.45, 7) is 8.83. The van der Waals surface area contributed by atoms with Crippen molar-refractivity contribution >= 4 is 11.8 Å². The molecule has 0 spiro atoms. The van der Waals surface area contributed by atoms with Crippen molar-refractivity contribution in [3.63, 3.8) is 0 Å². The Morgan fingerprint density at radius 1 is 1.27 bits per heavy atom. The molecule has 0 radical (unpaired) electrons. The predicted octanol–water partition coefficient (Wildman–Crippen LogP) is 2.51. The van der Waals surface area contributed by atoms with Crippen LogP contribution < -0.4 is 15.4 Å². The molecule has 0 bridgehead atoms. The normalized spacial score (nSPS) is 11.0. The number of amides is 1. The summed E-state index contributed by atoms with van der Waals surface area (Å²) in [5, 5.41) is 15.2. The van der Waals surface area contributed by atoms with E-state index in [4.69, 9.17) is 9.47 Å². The minimum absolute atomic E-state index is 0.0823. The highest BCUT2D eigenvalue weighted by atomic mass is 16.6. The van der Waals surface area contributed by atoms with Crippen molar-refractivity contribution in [2.75, 3.05) is 25.0 Å². The van der Waals surface area contributed by atoms with Gasteiger partial charge in [0.05, 0.1) is 13.2 Å². The first-order valence-electron chi connectivity index (χ1n) is 7.43.